The zero-order chi connectivity index (χ0) is 16.3. The summed E-state index contributed by atoms with van der Waals surface area (Å²) >= 11 is 6.01. The van der Waals surface area contributed by atoms with Crippen LogP contribution in [0.5, 0.6) is 5.75 Å². The molecule has 22 heavy (non-hydrogen) atoms. The number of para-hydroxylation sites is 1. The van der Waals surface area contributed by atoms with Gasteiger partial charge in [0.15, 0.2) is 6.61 Å². The molecule has 0 N–H and O–H groups in total. The molecular weight excluding hydrogens is 300 g/mol. The molecule has 0 saturated carbocycles. The minimum atomic E-state index is -0.199. The van der Waals surface area contributed by atoms with Gasteiger partial charge >= 0.3 is 0 Å². The van der Waals surface area contributed by atoms with Crippen molar-refractivity contribution in [3.8, 4) is 5.75 Å². The third-order valence-electron chi connectivity index (χ3n) is 3.48. The Kier molecular flexibility index (Phi) is 5.24. The monoisotopic (exact) mass is 320 g/mol. The number of nitrogens with zero attached hydrogens (tertiary/aromatic N) is 2. The maximum absolute atomic E-state index is 12.3. The highest BCUT2D eigenvalue weighted by molar-refractivity contribution is 6.32. The van der Waals surface area contributed by atoms with Gasteiger partial charge in [0.05, 0.1) is 10.7 Å². The lowest BCUT2D eigenvalue weighted by Crippen LogP contribution is -2.22. The number of carbonyl (C=O) groups is 1. The van der Waals surface area contributed by atoms with Gasteiger partial charge in [-0.3, -0.25) is 4.79 Å². The van der Waals surface area contributed by atoms with Crippen molar-refractivity contribution >= 4 is 17.5 Å². The summed E-state index contributed by atoms with van der Waals surface area (Å²) < 4.78 is 6.93. The summed E-state index contributed by atoms with van der Waals surface area (Å²) in [5, 5.41) is 4.84. The summed E-state index contributed by atoms with van der Waals surface area (Å²) in [6.07, 6.45) is 0.913. The van der Waals surface area contributed by atoms with Gasteiger partial charge in [-0.2, -0.15) is 5.10 Å². The van der Waals surface area contributed by atoms with Crippen molar-refractivity contribution in [1.29, 1.82) is 0 Å². The molecular formula is C17H21ClN2O2. The average Bonchev–Trinajstić information content (AvgIpc) is 2.74. The number of rotatable bonds is 5. The Bertz CT molecular complexity index is 677. The van der Waals surface area contributed by atoms with E-state index in [-0.39, 0.29) is 12.5 Å². The van der Waals surface area contributed by atoms with Crippen molar-refractivity contribution in [1.82, 2.24) is 9.78 Å². The Balaban J connectivity index is 2.12. The number of aromatic nitrogens is 2. The smallest absolute Gasteiger partial charge is 0.284 e. The highest BCUT2D eigenvalue weighted by Crippen LogP contribution is 2.23. The molecule has 0 amide bonds. The number of aryl methyl sites for hydroxylation is 1. The minimum Gasteiger partial charge on any atom is -0.482 e. The minimum absolute atomic E-state index is 0.0905. The average molecular weight is 321 g/mol. The van der Waals surface area contributed by atoms with Crippen LogP contribution in [0, 0.1) is 19.8 Å². The second-order valence-corrected chi connectivity index (χ2v) is 6.18. The number of halogens is 1. The van der Waals surface area contributed by atoms with Crippen molar-refractivity contribution in [2.24, 2.45) is 5.92 Å². The van der Waals surface area contributed by atoms with E-state index in [9.17, 15) is 4.79 Å². The molecule has 0 aliphatic carbocycles. The second-order valence-electron chi connectivity index (χ2n) is 5.77. The lowest BCUT2D eigenvalue weighted by molar-refractivity contribution is 0.0818. The lowest BCUT2D eigenvalue weighted by atomic mass is 10.0. The third kappa shape index (κ3) is 3.69. The summed E-state index contributed by atoms with van der Waals surface area (Å²) in [7, 11) is 0. The normalized spacial score (nSPS) is 11.0. The standard InChI is InChI=1S/C17H21ClN2O2/c1-11(2)9-14-12(3)19-20(13(14)4)17(21)10-22-16-8-6-5-7-15(16)18/h5-8,11H,9-10H2,1-4H3. The topological polar surface area (TPSA) is 44.1 Å². The second kappa shape index (κ2) is 6.97. The van der Waals surface area contributed by atoms with Gasteiger partial charge in [0, 0.05) is 5.69 Å². The third-order valence-corrected chi connectivity index (χ3v) is 3.79. The Labute approximate surface area is 136 Å². The van der Waals surface area contributed by atoms with E-state index in [0.29, 0.717) is 16.7 Å². The van der Waals surface area contributed by atoms with E-state index in [2.05, 4.69) is 18.9 Å². The molecule has 1 heterocycles. The van der Waals surface area contributed by atoms with Crippen molar-refractivity contribution in [2.45, 2.75) is 34.1 Å². The first-order chi connectivity index (χ1) is 10.4. The van der Waals surface area contributed by atoms with Gasteiger partial charge < -0.3 is 4.74 Å². The zero-order valence-corrected chi connectivity index (χ0v) is 14.1. The van der Waals surface area contributed by atoms with Gasteiger partial charge in [0.25, 0.3) is 5.91 Å². The summed E-state index contributed by atoms with van der Waals surface area (Å²) in [5.41, 5.74) is 2.93. The first-order valence-electron chi connectivity index (χ1n) is 7.35. The van der Waals surface area contributed by atoms with Gasteiger partial charge in [0.1, 0.15) is 5.75 Å². The molecule has 2 rings (SSSR count). The summed E-state index contributed by atoms with van der Waals surface area (Å²) in [6, 6.07) is 7.10. The number of carbonyl (C=O) groups excluding carboxylic acids is 1. The van der Waals surface area contributed by atoms with Crippen LogP contribution in [0.2, 0.25) is 5.02 Å². The Hall–Kier alpha value is -1.81. The van der Waals surface area contributed by atoms with Gasteiger partial charge in [-0.1, -0.05) is 37.6 Å². The van der Waals surface area contributed by atoms with Crippen LogP contribution in [0.15, 0.2) is 24.3 Å². The highest BCUT2D eigenvalue weighted by atomic mass is 35.5. The number of hydrogen-bond acceptors (Lipinski definition) is 3. The molecule has 0 aliphatic heterocycles. The summed E-state index contributed by atoms with van der Waals surface area (Å²) in [6.45, 7) is 8.07. The molecule has 0 spiro atoms. The van der Waals surface area contributed by atoms with Crippen molar-refractivity contribution in [2.75, 3.05) is 6.61 Å². The molecule has 0 aliphatic rings. The molecule has 0 fully saturated rings. The van der Waals surface area contributed by atoms with E-state index in [1.54, 1.807) is 12.1 Å². The Morgan fingerprint density at radius 2 is 2.00 bits per heavy atom. The highest BCUT2D eigenvalue weighted by Gasteiger charge is 2.17. The largest absolute Gasteiger partial charge is 0.482 e. The molecule has 1 aromatic carbocycles. The fraction of sp³-hybridized carbons (Fsp3) is 0.412. The fourth-order valence-electron chi connectivity index (χ4n) is 2.38. The van der Waals surface area contributed by atoms with Gasteiger partial charge in [-0.15, -0.1) is 0 Å². The molecule has 1 aromatic heterocycles. The molecule has 0 unspecified atom stereocenters. The number of hydrogen-bond donors (Lipinski definition) is 0. The van der Waals surface area contributed by atoms with E-state index in [1.807, 2.05) is 26.0 Å². The quantitative estimate of drug-likeness (QED) is 0.834. The van der Waals surface area contributed by atoms with Crippen LogP contribution in [-0.2, 0) is 6.42 Å². The van der Waals surface area contributed by atoms with Gasteiger partial charge in [-0.25, -0.2) is 4.68 Å². The molecule has 4 nitrogen and oxygen atoms in total. The predicted octanol–water partition coefficient (Wildman–Crippen LogP) is 4.07. The van der Waals surface area contributed by atoms with E-state index in [1.165, 1.54) is 4.68 Å². The van der Waals surface area contributed by atoms with Crippen LogP contribution in [0.4, 0.5) is 0 Å². The van der Waals surface area contributed by atoms with Gasteiger partial charge in [0.2, 0.25) is 0 Å². The first-order valence-corrected chi connectivity index (χ1v) is 7.73. The van der Waals surface area contributed by atoms with Crippen molar-refractivity contribution in [3.63, 3.8) is 0 Å². The number of benzene rings is 1. The maximum atomic E-state index is 12.3. The predicted molar refractivity (Wildman–Crippen MR) is 87.8 cm³/mol. The van der Waals surface area contributed by atoms with Crippen LogP contribution in [0.1, 0.15) is 35.6 Å². The SMILES string of the molecule is Cc1nn(C(=O)COc2ccccc2Cl)c(C)c1CC(C)C. The Morgan fingerprint density at radius 1 is 1.32 bits per heavy atom. The Morgan fingerprint density at radius 3 is 2.64 bits per heavy atom. The van der Waals surface area contributed by atoms with E-state index in [4.69, 9.17) is 16.3 Å². The van der Waals surface area contributed by atoms with Crippen LogP contribution in [-0.4, -0.2) is 22.3 Å². The summed E-state index contributed by atoms with van der Waals surface area (Å²) in [5.74, 6) is 0.821. The van der Waals surface area contributed by atoms with Gasteiger partial charge in [-0.05, 0) is 43.9 Å². The molecule has 0 saturated heterocycles. The van der Waals surface area contributed by atoms with Crippen LogP contribution in [0.3, 0.4) is 0 Å². The molecule has 2 aromatic rings. The maximum Gasteiger partial charge on any atom is 0.284 e. The van der Waals surface area contributed by atoms with Crippen molar-refractivity contribution in [3.05, 3.63) is 46.2 Å². The van der Waals surface area contributed by atoms with Crippen molar-refractivity contribution < 1.29 is 9.53 Å². The van der Waals surface area contributed by atoms with E-state index < -0.39 is 0 Å². The van der Waals surface area contributed by atoms with Crippen LogP contribution >= 0.6 is 11.6 Å². The molecule has 0 atom stereocenters. The fourth-order valence-corrected chi connectivity index (χ4v) is 2.57. The van der Waals surface area contributed by atoms with E-state index in [0.717, 1.165) is 23.4 Å². The van der Waals surface area contributed by atoms with Crippen LogP contribution < -0.4 is 4.74 Å². The van der Waals surface area contributed by atoms with E-state index >= 15 is 0 Å². The summed E-state index contributed by atoms with van der Waals surface area (Å²) in [4.78, 5) is 12.3. The van der Waals surface area contributed by atoms with Crippen LogP contribution in [0.25, 0.3) is 0 Å². The lowest BCUT2D eigenvalue weighted by Gasteiger charge is -2.08. The zero-order valence-electron chi connectivity index (χ0n) is 13.4. The molecule has 118 valence electrons. The first kappa shape index (κ1) is 16.6. The number of ether oxygens (including phenoxy) is 1. The molecule has 0 bridgehead atoms. The molecule has 0 radical (unpaired) electrons. The molecule has 5 heteroatoms.